The van der Waals surface area contributed by atoms with Gasteiger partial charge in [0, 0.05) is 18.2 Å². The third-order valence-corrected chi connectivity index (χ3v) is 3.46. The topological polar surface area (TPSA) is 57.8 Å². The molecule has 0 aliphatic heterocycles. The van der Waals surface area contributed by atoms with Gasteiger partial charge in [-0.1, -0.05) is 41.5 Å². The van der Waals surface area contributed by atoms with E-state index in [1.165, 1.54) is 0 Å². The van der Waals surface area contributed by atoms with Crippen LogP contribution in [0.1, 0.15) is 59.6 Å². The van der Waals surface area contributed by atoms with Gasteiger partial charge >= 0.3 is 0 Å². The Bertz CT molecular complexity index is 401. The highest BCUT2D eigenvalue weighted by molar-refractivity contribution is 5.89. The van der Waals surface area contributed by atoms with E-state index >= 15 is 0 Å². The number of H-pyrrole nitrogens is 1. The maximum Gasteiger partial charge on any atom is 0.225 e. The highest BCUT2D eigenvalue weighted by Gasteiger charge is 2.22. The standard InChI is InChI=1S/C14H25N3O/c1-9(2)11-8-12(17-16-11)15-13(18)7-10(3)14(4,5)6/h8-10H,7H2,1-6H3,(H2,15,16,17,18). The molecule has 0 saturated heterocycles. The first-order valence-electron chi connectivity index (χ1n) is 6.55. The second-order valence-corrected chi connectivity index (χ2v) is 6.38. The van der Waals surface area contributed by atoms with E-state index in [0.717, 1.165) is 5.69 Å². The summed E-state index contributed by atoms with van der Waals surface area (Å²) in [5.41, 5.74) is 1.18. The van der Waals surface area contributed by atoms with Gasteiger partial charge in [-0.05, 0) is 17.3 Å². The minimum Gasteiger partial charge on any atom is -0.309 e. The number of hydrogen-bond acceptors (Lipinski definition) is 2. The van der Waals surface area contributed by atoms with Crippen LogP contribution in [0.2, 0.25) is 0 Å². The van der Waals surface area contributed by atoms with Crippen LogP contribution in [0.15, 0.2) is 6.07 Å². The zero-order chi connectivity index (χ0) is 13.9. The molecule has 2 N–H and O–H groups in total. The number of carbonyl (C=O) groups excluding carboxylic acids is 1. The SMILES string of the molecule is CC(C)c1cc(NC(=O)CC(C)C(C)(C)C)n[nH]1. The van der Waals surface area contributed by atoms with Gasteiger partial charge in [0.15, 0.2) is 5.82 Å². The van der Waals surface area contributed by atoms with Gasteiger partial charge in [-0.2, -0.15) is 5.10 Å². The fourth-order valence-electron chi connectivity index (χ4n) is 1.47. The Morgan fingerprint density at radius 3 is 2.44 bits per heavy atom. The first-order valence-corrected chi connectivity index (χ1v) is 6.55. The van der Waals surface area contributed by atoms with Crippen molar-refractivity contribution in [3.63, 3.8) is 0 Å². The van der Waals surface area contributed by atoms with E-state index in [1.807, 2.05) is 6.07 Å². The molecule has 102 valence electrons. The summed E-state index contributed by atoms with van der Waals surface area (Å²) in [7, 11) is 0. The van der Waals surface area contributed by atoms with E-state index in [1.54, 1.807) is 0 Å². The lowest BCUT2D eigenvalue weighted by atomic mass is 9.80. The number of anilines is 1. The molecule has 0 spiro atoms. The third kappa shape index (κ3) is 4.17. The Labute approximate surface area is 110 Å². The maximum absolute atomic E-state index is 11.9. The lowest BCUT2D eigenvalue weighted by molar-refractivity contribution is -0.117. The molecule has 0 saturated carbocycles. The number of hydrogen-bond donors (Lipinski definition) is 2. The number of amides is 1. The summed E-state index contributed by atoms with van der Waals surface area (Å²) in [6.07, 6.45) is 0.521. The number of nitrogens with one attached hydrogen (secondary N) is 2. The predicted molar refractivity (Wildman–Crippen MR) is 74.5 cm³/mol. The predicted octanol–water partition coefficient (Wildman–Crippen LogP) is 3.54. The zero-order valence-electron chi connectivity index (χ0n) is 12.3. The molecule has 0 bridgehead atoms. The number of aromatic nitrogens is 2. The summed E-state index contributed by atoms with van der Waals surface area (Å²) < 4.78 is 0. The molecule has 0 radical (unpaired) electrons. The van der Waals surface area contributed by atoms with Gasteiger partial charge in [0.2, 0.25) is 5.91 Å². The molecule has 0 aliphatic rings. The van der Waals surface area contributed by atoms with Crippen molar-refractivity contribution in [3.05, 3.63) is 11.8 Å². The van der Waals surface area contributed by atoms with Crippen LogP contribution in [0.4, 0.5) is 5.82 Å². The Kier molecular flexibility index (Phi) is 4.54. The summed E-state index contributed by atoms with van der Waals surface area (Å²) in [6.45, 7) is 12.7. The van der Waals surface area contributed by atoms with E-state index in [2.05, 4.69) is 57.1 Å². The summed E-state index contributed by atoms with van der Waals surface area (Å²) in [5, 5.41) is 9.86. The van der Waals surface area contributed by atoms with Crippen molar-refractivity contribution in [1.29, 1.82) is 0 Å². The molecule has 0 aromatic carbocycles. The van der Waals surface area contributed by atoms with Crippen LogP contribution in [-0.4, -0.2) is 16.1 Å². The first-order chi connectivity index (χ1) is 8.20. The summed E-state index contributed by atoms with van der Waals surface area (Å²) in [5.74, 6) is 1.36. The molecular formula is C14H25N3O. The molecule has 1 atom stereocenters. The van der Waals surface area contributed by atoms with Crippen LogP contribution in [-0.2, 0) is 4.79 Å². The molecule has 4 nitrogen and oxygen atoms in total. The van der Waals surface area contributed by atoms with Crippen LogP contribution >= 0.6 is 0 Å². The normalized spacial score (nSPS) is 13.7. The molecule has 1 rings (SSSR count). The van der Waals surface area contributed by atoms with Gasteiger partial charge in [0.25, 0.3) is 0 Å². The molecule has 0 fully saturated rings. The smallest absolute Gasteiger partial charge is 0.225 e. The monoisotopic (exact) mass is 251 g/mol. The number of rotatable bonds is 4. The highest BCUT2D eigenvalue weighted by atomic mass is 16.1. The average molecular weight is 251 g/mol. The first kappa shape index (κ1) is 14.7. The lowest BCUT2D eigenvalue weighted by Gasteiger charge is -2.26. The number of aromatic amines is 1. The Balaban J connectivity index is 2.54. The molecule has 0 aliphatic carbocycles. The Hall–Kier alpha value is -1.32. The second kappa shape index (κ2) is 5.55. The summed E-state index contributed by atoms with van der Waals surface area (Å²) in [6, 6.07) is 1.89. The van der Waals surface area contributed by atoms with Gasteiger partial charge in [0.05, 0.1) is 0 Å². The fraction of sp³-hybridized carbons (Fsp3) is 0.714. The van der Waals surface area contributed by atoms with Gasteiger partial charge in [0.1, 0.15) is 0 Å². The van der Waals surface area contributed by atoms with Crippen molar-refractivity contribution in [2.75, 3.05) is 5.32 Å². The summed E-state index contributed by atoms with van der Waals surface area (Å²) in [4.78, 5) is 11.9. The van der Waals surface area contributed by atoms with E-state index in [0.29, 0.717) is 24.1 Å². The van der Waals surface area contributed by atoms with Gasteiger partial charge < -0.3 is 5.32 Å². The van der Waals surface area contributed by atoms with Gasteiger partial charge in [-0.15, -0.1) is 0 Å². The van der Waals surface area contributed by atoms with Crippen molar-refractivity contribution >= 4 is 11.7 Å². The molecule has 1 unspecified atom stereocenters. The van der Waals surface area contributed by atoms with Crippen molar-refractivity contribution in [1.82, 2.24) is 10.2 Å². The van der Waals surface area contributed by atoms with Crippen molar-refractivity contribution in [2.24, 2.45) is 11.3 Å². The lowest BCUT2D eigenvalue weighted by Crippen LogP contribution is -2.24. The quantitative estimate of drug-likeness (QED) is 0.859. The molecule has 1 aromatic rings. The molecule has 18 heavy (non-hydrogen) atoms. The van der Waals surface area contributed by atoms with Crippen LogP contribution in [0.5, 0.6) is 0 Å². The van der Waals surface area contributed by atoms with Gasteiger partial charge in [-0.25, -0.2) is 0 Å². The minimum absolute atomic E-state index is 0.0271. The Morgan fingerprint density at radius 2 is 2.00 bits per heavy atom. The fourth-order valence-corrected chi connectivity index (χ4v) is 1.47. The van der Waals surface area contributed by atoms with Crippen LogP contribution in [0.3, 0.4) is 0 Å². The number of carbonyl (C=O) groups is 1. The van der Waals surface area contributed by atoms with E-state index in [9.17, 15) is 4.79 Å². The molecule has 1 aromatic heterocycles. The van der Waals surface area contributed by atoms with Crippen molar-refractivity contribution < 1.29 is 4.79 Å². The van der Waals surface area contributed by atoms with Crippen LogP contribution < -0.4 is 5.32 Å². The molecule has 4 heteroatoms. The average Bonchev–Trinajstić information content (AvgIpc) is 2.64. The largest absolute Gasteiger partial charge is 0.309 e. The molecular weight excluding hydrogens is 226 g/mol. The van der Waals surface area contributed by atoms with Crippen LogP contribution in [0, 0.1) is 11.3 Å². The van der Waals surface area contributed by atoms with E-state index in [-0.39, 0.29) is 11.3 Å². The maximum atomic E-state index is 11.9. The molecule has 1 amide bonds. The van der Waals surface area contributed by atoms with Crippen molar-refractivity contribution in [3.8, 4) is 0 Å². The van der Waals surface area contributed by atoms with E-state index in [4.69, 9.17) is 0 Å². The summed E-state index contributed by atoms with van der Waals surface area (Å²) >= 11 is 0. The minimum atomic E-state index is 0.0271. The highest BCUT2D eigenvalue weighted by Crippen LogP contribution is 2.28. The molecule has 1 heterocycles. The van der Waals surface area contributed by atoms with Gasteiger partial charge in [-0.3, -0.25) is 9.89 Å². The van der Waals surface area contributed by atoms with E-state index < -0.39 is 0 Å². The third-order valence-electron chi connectivity index (χ3n) is 3.46. The number of nitrogens with zero attached hydrogens (tertiary/aromatic N) is 1. The zero-order valence-corrected chi connectivity index (χ0v) is 12.3. The Morgan fingerprint density at radius 1 is 1.39 bits per heavy atom. The van der Waals surface area contributed by atoms with Crippen molar-refractivity contribution in [2.45, 2.75) is 53.9 Å². The van der Waals surface area contributed by atoms with Crippen LogP contribution in [0.25, 0.3) is 0 Å². The second-order valence-electron chi connectivity index (χ2n) is 6.38.